The second-order valence-electron chi connectivity index (χ2n) is 6.12. The van der Waals surface area contributed by atoms with E-state index in [0.717, 1.165) is 0 Å². The van der Waals surface area contributed by atoms with Crippen molar-refractivity contribution >= 4 is 17.4 Å². The summed E-state index contributed by atoms with van der Waals surface area (Å²) in [5.41, 5.74) is -1.19. The maximum absolute atomic E-state index is 6.05. The molecular formula is C15H28O5Si2. The molecule has 0 aromatic heterocycles. The molecule has 0 aliphatic heterocycles. The first-order valence-electron chi connectivity index (χ1n) is 6.94. The van der Waals surface area contributed by atoms with Crippen molar-refractivity contribution in [3.8, 4) is 24.7 Å². The molecule has 0 saturated carbocycles. The van der Waals surface area contributed by atoms with Crippen LogP contribution in [0.4, 0.5) is 0 Å². The molecule has 7 heteroatoms. The minimum absolute atomic E-state index is 0.375. The van der Waals surface area contributed by atoms with E-state index in [0.29, 0.717) is 5.67 Å². The van der Waals surface area contributed by atoms with Crippen molar-refractivity contribution < 1.29 is 22.1 Å². The summed E-state index contributed by atoms with van der Waals surface area (Å²) >= 11 is 0. The van der Waals surface area contributed by atoms with Crippen LogP contribution >= 0.6 is 0 Å². The van der Waals surface area contributed by atoms with Crippen LogP contribution in [0.15, 0.2) is 0 Å². The van der Waals surface area contributed by atoms with Crippen molar-refractivity contribution in [1.82, 2.24) is 0 Å². The third-order valence-electron chi connectivity index (χ3n) is 3.17. The minimum atomic E-state index is -3.07. The zero-order valence-corrected chi connectivity index (χ0v) is 16.9. The molecule has 0 heterocycles. The summed E-state index contributed by atoms with van der Waals surface area (Å²) < 4.78 is 28.9. The minimum Gasteiger partial charge on any atom is -0.398 e. The predicted octanol–water partition coefficient (Wildman–Crippen LogP) is 2.33. The van der Waals surface area contributed by atoms with Gasteiger partial charge in [0, 0.05) is 21.3 Å². The van der Waals surface area contributed by atoms with E-state index in [1.54, 1.807) is 35.2 Å². The molecule has 22 heavy (non-hydrogen) atoms. The van der Waals surface area contributed by atoms with Gasteiger partial charge in [0.05, 0.1) is 5.67 Å². The summed E-state index contributed by atoms with van der Waals surface area (Å²) in [4.78, 5) is 0. The van der Waals surface area contributed by atoms with Crippen LogP contribution in [-0.2, 0) is 22.1 Å². The Morgan fingerprint density at radius 3 is 1.55 bits per heavy atom. The van der Waals surface area contributed by atoms with Gasteiger partial charge in [-0.05, 0) is 34.2 Å². The molecule has 1 atom stereocenters. The highest BCUT2D eigenvalue weighted by atomic mass is 28.4. The first-order chi connectivity index (χ1) is 9.92. The van der Waals surface area contributed by atoms with Gasteiger partial charge in [-0.2, -0.15) is 0 Å². The molecule has 0 aliphatic rings. The van der Waals surface area contributed by atoms with Crippen LogP contribution < -0.4 is 0 Å². The Kier molecular flexibility index (Phi) is 7.53. The lowest BCUT2D eigenvalue weighted by atomic mass is 10.2. The molecule has 0 rings (SSSR count). The van der Waals surface area contributed by atoms with Crippen molar-refractivity contribution in [2.24, 2.45) is 0 Å². The van der Waals surface area contributed by atoms with Crippen molar-refractivity contribution in [3.05, 3.63) is 0 Å². The average Bonchev–Trinajstić information content (AvgIpc) is 2.45. The van der Waals surface area contributed by atoms with E-state index in [-0.39, 0.29) is 0 Å². The first kappa shape index (κ1) is 21.4. The molecular weight excluding hydrogens is 316 g/mol. The quantitative estimate of drug-likeness (QED) is 0.474. The molecule has 1 unspecified atom stereocenters. The highest BCUT2D eigenvalue weighted by Gasteiger charge is 2.53. The molecule has 0 fully saturated rings. The van der Waals surface area contributed by atoms with Crippen LogP contribution in [0, 0.1) is 24.7 Å². The Balaban J connectivity index is 5.45. The van der Waals surface area contributed by atoms with E-state index in [2.05, 4.69) is 11.8 Å². The second kappa shape index (κ2) is 7.76. The van der Waals surface area contributed by atoms with E-state index >= 15 is 0 Å². The van der Waals surface area contributed by atoms with Gasteiger partial charge in [-0.15, -0.1) is 12.8 Å². The van der Waals surface area contributed by atoms with Crippen LogP contribution in [0.3, 0.4) is 0 Å². The third kappa shape index (κ3) is 6.23. The van der Waals surface area contributed by atoms with Crippen molar-refractivity contribution in [2.75, 3.05) is 21.3 Å². The molecule has 0 aromatic carbocycles. The Morgan fingerprint density at radius 1 is 0.818 bits per heavy atom. The topological polar surface area (TPSA) is 46.2 Å². The van der Waals surface area contributed by atoms with Crippen LogP contribution in [0.1, 0.15) is 27.7 Å². The van der Waals surface area contributed by atoms with Gasteiger partial charge in [0.2, 0.25) is 0 Å². The molecule has 0 bridgehead atoms. The molecule has 0 radical (unpaired) electrons. The largest absolute Gasteiger partial charge is 0.503 e. The summed E-state index contributed by atoms with van der Waals surface area (Å²) in [6, 6.07) is 0. The summed E-state index contributed by atoms with van der Waals surface area (Å²) in [7, 11) is -1.09. The van der Waals surface area contributed by atoms with Gasteiger partial charge in [0.1, 0.15) is 11.2 Å². The number of rotatable bonds is 9. The van der Waals surface area contributed by atoms with Gasteiger partial charge in [-0.1, -0.05) is 11.8 Å². The number of terminal acetylenes is 2. The van der Waals surface area contributed by atoms with E-state index in [4.69, 9.17) is 35.0 Å². The van der Waals surface area contributed by atoms with Gasteiger partial charge in [0.25, 0.3) is 0 Å². The highest BCUT2D eigenvalue weighted by molar-refractivity contribution is 6.82. The molecule has 0 aromatic rings. The fourth-order valence-electron chi connectivity index (χ4n) is 1.88. The zero-order valence-electron chi connectivity index (χ0n) is 14.9. The van der Waals surface area contributed by atoms with Crippen molar-refractivity contribution in [2.45, 2.75) is 51.1 Å². The fraction of sp³-hybridized carbons (Fsp3) is 0.733. The average molecular weight is 345 g/mol. The molecule has 0 spiro atoms. The highest BCUT2D eigenvalue weighted by Crippen LogP contribution is 2.30. The van der Waals surface area contributed by atoms with Gasteiger partial charge in [-0.3, -0.25) is 0 Å². The SMILES string of the molecule is C#CC(C)(C)O[Si](C)(C[Si](OC)(OC)OC(C)(C)C#C)OC. The summed E-state index contributed by atoms with van der Waals surface area (Å²) in [6.45, 7) is 9.09. The summed E-state index contributed by atoms with van der Waals surface area (Å²) in [5, 5.41) is 0. The van der Waals surface area contributed by atoms with Crippen LogP contribution in [0.5, 0.6) is 0 Å². The molecule has 5 nitrogen and oxygen atoms in total. The normalized spacial score (nSPS) is 15.7. The van der Waals surface area contributed by atoms with Crippen LogP contribution in [-0.4, -0.2) is 49.9 Å². The molecule has 126 valence electrons. The van der Waals surface area contributed by atoms with Gasteiger partial charge in [-0.25, -0.2) is 0 Å². The lowest BCUT2D eigenvalue weighted by molar-refractivity contribution is 0.0359. The number of hydrogen-bond acceptors (Lipinski definition) is 5. The lowest BCUT2D eigenvalue weighted by Gasteiger charge is -2.39. The summed E-state index contributed by atoms with van der Waals surface area (Å²) in [6.07, 6.45) is 11.0. The Labute approximate surface area is 137 Å². The summed E-state index contributed by atoms with van der Waals surface area (Å²) in [5.74, 6) is 5.19. The van der Waals surface area contributed by atoms with Crippen LogP contribution in [0.2, 0.25) is 12.2 Å². The van der Waals surface area contributed by atoms with Gasteiger partial charge >= 0.3 is 17.4 Å². The predicted molar refractivity (Wildman–Crippen MR) is 91.2 cm³/mol. The van der Waals surface area contributed by atoms with Gasteiger partial charge < -0.3 is 22.1 Å². The van der Waals surface area contributed by atoms with Crippen molar-refractivity contribution in [3.63, 3.8) is 0 Å². The molecule has 0 N–H and O–H groups in total. The maximum Gasteiger partial charge on any atom is 0.503 e. The molecule has 0 saturated heterocycles. The molecule has 0 amide bonds. The maximum atomic E-state index is 6.05. The van der Waals surface area contributed by atoms with Gasteiger partial charge in [0.15, 0.2) is 0 Å². The van der Waals surface area contributed by atoms with E-state index in [9.17, 15) is 0 Å². The zero-order chi connectivity index (χ0) is 17.7. The second-order valence-corrected chi connectivity index (χ2v) is 12.8. The third-order valence-corrected chi connectivity index (χ3v) is 11.3. The molecule has 0 aliphatic carbocycles. The van der Waals surface area contributed by atoms with E-state index < -0.39 is 28.6 Å². The Morgan fingerprint density at radius 2 is 1.23 bits per heavy atom. The standard InChI is InChI=1S/C15H28O5Si2/c1-11-14(3,4)19-21(10,16-7)13-22(17-8,18-9)20-15(5,6)12-2/h1-2H,13H2,3-10H3. The first-order valence-corrected chi connectivity index (χ1v) is 11.4. The smallest absolute Gasteiger partial charge is 0.398 e. The van der Waals surface area contributed by atoms with E-state index in [1.807, 2.05) is 20.4 Å². The van der Waals surface area contributed by atoms with Crippen molar-refractivity contribution in [1.29, 1.82) is 0 Å². The monoisotopic (exact) mass is 344 g/mol. The fourth-order valence-corrected chi connectivity index (χ4v) is 9.72. The Hall–Kier alpha value is -0.646. The Bertz CT molecular complexity index is 446. The lowest BCUT2D eigenvalue weighted by Crippen LogP contribution is -2.58. The number of hydrogen-bond donors (Lipinski definition) is 0. The van der Waals surface area contributed by atoms with Crippen LogP contribution in [0.25, 0.3) is 0 Å². The van der Waals surface area contributed by atoms with E-state index in [1.165, 1.54) is 0 Å².